The maximum absolute atomic E-state index is 12.6. The minimum atomic E-state index is -0.205. The molecule has 3 aromatic rings. The van der Waals surface area contributed by atoms with Crippen LogP contribution in [0.1, 0.15) is 35.0 Å². The minimum Gasteiger partial charge on any atom is -0.497 e. The second-order valence-electron chi connectivity index (χ2n) is 6.30. The van der Waals surface area contributed by atoms with E-state index in [0.29, 0.717) is 0 Å². The zero-order chi connectivity index (χ0) is 19.1. The maximum Gasteiger partial charge on any atom is 0.234 e. The van der Waals surface area contributed by atoms with E-state index in [4.69, 9.17) is 4.74 Å². The summed E-state index contributed by atoms with van der Waals surface area (Å²) in [6.07, 6.45) is 0. The van der Waals surface area contributed by atoms with Crippen molar-refractivity contribution in [1.82, 2.24) is 10.6 Å². The molecule has 2 atom stereocenters. The molecule has 2 aromatic carbocycles. The molecular weight excluding hydrogens is 356 g/mol. The third-order valence-electron chi connectivity index (χ3n) is 4.43. The third kappa shape index (κ3) is 5.18. The molecule has 1 aromatic heterocycles. The normalized spacial score (nSPS) is 13.0. The Bertz CT molecular complexity index is 833. The Morgan fingerprint density at radius 2 is 1.70 bits per heavy atom. The molecule has 0 saturated heterocycles. The molecule has 0 fully saturated rings. The van der Waals surface area contributed by atoms with Crippen molar-refractivity contribution < 1.29 is 9.53 Å². The molecule has 4 nitrogen and oxygen atoms in total. The molecule has 0 radical (unpaired) electrons. The number of benzene rings is 2. The van der Waals surface area contributed by atoms with E-state index in [9.17, 15) is 4.79 Å². The van der Waals surface area contributed by atoms with E-state index in [1.165, 1.54) is 4.88 Å². The average molecular weight is 381 g/mol. The van der Waals surface area contributed by atoms with Crippen LogP contribution in [0.2, 0.25) is 0 Å². The number of carbonyl (C=O) groups excluding carboxylic acids is 1. The maximum atomic E-state index is 12.6. The lowest BCUT2D eigenvalue weighted by atomic mass is 9.98. The standard InChI is InChI=1S/C22H24N2O2S/c1-16(20-9-6-14-27-20)23-15-21(25)24-22(17-7-4-3-5-8-17)18-10-12-19(26-2)13-11-18/h3-14,16,22-23H,15H2,1-2H3,(H,24,25). The Kier molecular flexibility index (Phi) is 6.63. The SMILES string of the molecule is COc1ccc(C(NC(=O)CNC(C)c2cccs2)c2ccccc2)cc1. The molecule has 5 heteroatoms. The Morgan fingerprint density at radius 3 is 2.33 bits per heavy atom. The van der Waals surface area contributed by atoms with E-state index in [1.54, 1.807) is 18.4 Å². The highest BCUT2D eigenvalue weighted by molar-refractivity contribution is 7.10. The molecule has 2 N–H and O–H groups in total. The fourth-order valence-corrected chi connectivity index (χ4v) is 3.66. The Labute approximate surface area is 164 Å². The van der Waals surface area contributed by atoms with Crippen LogP contribution in [0.15, 0.2) is 72.1 Å². The number of ether oxygens (including phenoxy) is 1. The molecule has 2 unspecified atom stereocenters. The molecule has 1 heterocycles. The minimum absolute atomic E-state index is 0.0388. The first-order valence-electron chi connectivity index (χ1n) is 8.92. The van der Waals surface area contributed by atoms with Gasteiger partial charge in [0, 0.05) is 10.9 Å². The molecule has 0 aliphatic heterocycles. The fourth-order valence-electron chi connectivity index (χ4n) is 2.90. The topological polar surface area (TPSA) is 50.4 Å². The molecule has 3 rings (SSSR count). The third-order valence-corrected chi connectivity index (χ3v) is 5.48. The molecule has 1 amide bonds. The first kappa shape index (κ1) is 19.1. The predicted molar refractivity (Wildman–Crippen MR) is 110 cm³/mol. The summed E-state index contributed by atoms with van der Waals surface area (Å²) in [5.74, 6) is 0.756. The van der Waals surface area contributed by atoms with Crippen LogP contribution in [0, 0.1) is 0 Å². The molecule has 140 valence electrons. The molecule has 0 aliphatic rings. The summed E-state index contributed by atoms with van der Waals surface area (Å²) in [4.78, 5) is 13.8. The van der Waals surface area contributed by atoms with Crippen molar-refractivity contribution in [2.24, 2.45) is 0 Å². The van der Waals surface area contributed by atoms with E-state index >= 15 is 0 Å². The molecule has 27 heavy (non-hydrogen) atoms. The lowest BCUT2D eigenvalue weighted by molar-refractivity contribution is -0.120. The number of carbonyl (C=O) groups is 1. The zero-order valence-corrected chi connectivity index (χ0v) is 16.3. The number of hydrogen-bond donors (Lipinski definition) is 2. The van der Waals surface area contributed by atoms with Gasteiger partial charge in [-0.1, -0.05) is 48.5 Å². The summed E-state index contributed by atoms with van der Waals surface area (Å²) in [5.41, 5.74) is 2.06. The van der Waals surface area contributed by atoms with Gasteiger partial charge in [-0.15, -0.1) is 11.3 Å². The van der Waals surface area contributed by atoms with Gasteiger partial charge in [-0.3, -0.25) is 4.79 Å². The number of amides is 1. The first-order valence-corrected chi connectivity index (χ1v) is 9.80. The van der Waals surface area contributed by atoms with Gasteiger partial charge in [-0.25, -0.2) is 0 Å². The van der Waals surface area contributed by atoms with Crippen LogP contribution in [0.4, 0.5) is 0 Å². The summed E-state index contributed by atoms with van der Waals surface area (Å²) in [5, 5.41) is 8.48. The van der Waals surface area contributed by atoms with Crippen LogP contribution >= 0.6 is 11.3 Å². The zero-order valence-electron chi connectivity index (χ0n) is 15.5. The highest BCUT2D eigenvalue weighted by Crippen LogP contribution is 2.24. The number of thiophene rings is 1. The second kappa shape index (κ2) is 9.35. The highest BCUT2D eigenvalue weighted by Gasteiger charge is 2.17. The van der Waals surface area contributed by atoms with Crippen LogP contribution in [-0.4, -0.2) is 19.6 Å². The van der Waals surface area contributed by atoms with Gasteiger partial charge < -0.3 is 15.4 Å². The first-order chi connectivity index (χ1) is 13.2. The quantitative estimate of drug-likeness (QED) is 0.612. The van der Waals surface area contributed by atoms with Crippen molar-refractivity contribution in [1.29, 1.82) is 0 Å². The monoisotopic (exact) mass is 380 g/mol. The van der Waals surface area contributed by atoms with Crippen molar-refractivity contribution in [3.05, 3.63) is 88.1 Å². The smallest absolute Gasteiger partial charge is 0.234 e. The average Bonchev–Trinajstić information content (AvgIpc) is 3.26. The van der Waals surface area contributed by atoms with E-state index in [-0.39, 0.29) is 24.5 Å². The van der Waals surface area contributed by atoms with Gasteiger partial charge in [0.25, 0.3) is 0 Å². The van der Waals surface area contributed by atoms with Gasteiger partial charge in [-0.05, 0) is 41.6 Å². The number of hydrogen-bond acceptors (Lipinski definition) is 4. The number of methoxy groups -OCH3 is 1. The van der Waals surface area contributed by atoms with E-state index in [1.807, 2.05) is 66.0 Å². The van der Waals surface area contributed by atoms with Gasteiger partial charge in [0.05, 0.1) is 19.7 Å². The van der Waals surface area contributed by atoms with Crippen molar-refractivity contribution in [2.45, 2.75) is 19.0 Å². The molecule has 0 spiro atoms. The number of nitrogens with one attached hydrogen (secondary N) is 2. The summed E-state index contributed by atoms with van der Waals surface area (Å²) < 4.78 is 5.24. The predicted octanol–water partition coefficient (Wildman–Crippen LogP) is 4.31. The summed E-state index contributed by atoms with van der Waals surface area (Å²) in [6, 6.07) is 21.8. The van der Waals surface area contributed by atoms with Gasteiger partial charge in [-0.2, -0.15) is 0 Å². The molecule has 0 aliphatic carbocycles. The van der Waals surface area contributed by atoms with Gasteiger partial charge in [0.2, 0.25) is 5.91 Å². The molecular formula is C22H24N2O2S. The van der Waals surface area contributed by atoms with Crippen molar-refractivity contribution >= 4 is 17.2 Å². The summed E-state index contributed by atoms with van der Waals surface area (Å²) in [6.45, 7) is 2.33. The van der Waals surface area contributed by atoms with E-state index < -0.39 is 0 Å². The summed E-state index contributed by atoms with van der Waals surface area (Å²) >= 11 is 1.69. The second-order valence-corrected chi connectivity index (χ2v) is 7.28. The van der Waals surface area contributed by atoms with Gasteiger partial charge in [0.1, 0.15) is 5.75 Å². The van der Waals surface area contributed by atoms with Crippen molar-refractivity contribution in [3.63, 3.8) is 0 Å². The van der Waals surface area contributed by atoms with Crippen molar-refractivity contribution in [3.8, 4) is 5.75 Å². The van der Waals surface area contributed by atoms with Crippen LogP contribution in [0.25, 0.3) is 0 Å². The highest BCUT2D eigenvalue weighted by atomic mass is 32.1. The Morgan fingerprint density at radius 1 is 1.00 bits per heavy atom. The summed E-state index contributed by atoms with van der Waals surface area (Å²) in [7, 11) is 1.64. The fraction of sp³-hybridized carbons (Fsp3) is 0.227. The largest absolute Gasteiger partial charge is 0.497 e. The van der Waals surface area contributed by atoms with Crippen LogP contribution in [0.5, 0.6) is 5.75 Å². The van der Waals surface area contributed by atoms with E-state index in [0.717, 1.165) is 16.9 Å². The lowest BCUT2D eigenvalue weighted by Crippen LogP contribution is -2.37. The van der Waals surface area contributed by atoms with Gasteiger partial charge >= 0.3 is 0 Å². The van der Waals surface area contributed by atoms with Crippen LogP contribution in [0.3, 0.4) is 0 Å². The lowest BCUT2D eigenvalue weighted by Gasteiger charge is -2.21. The number of rotatable bonds is 8. The van der Waals surface area contributed by atoms with Crippen LogP contribution in [-0.2, 0) is 4.79 Å². The van der Waals surface area contributed by atoms with E-state index in [2.05, 4.69) is 23.6 Å². The van der Waals surface area contributed by atoms with Crippen molar-refractivity contribution in [2.75, 3.05) is 13.7 Å². The Hall–Kier alpha value is -2.63. The van der Waals surface area contributed by atoms with Gasteiger partial charge in [0.15, 0.2) is 0 Å². The Balaban J connectivity index is 1.70. The molecule has 0 bridgehead atoms. The molecule has 0 saturated carbocycles. The van der Waals surface area contributed by atoms with Crippen LogP contribution < -0.4 is 15.4 Å².